The van der Waals surface area contributed by atoms with Crippen molar-refractivity contribution in [1.29, 1.82) is 0 Å². The van der Waals surface area contributed by atoms with E-state index in [1.807, 2.05) is 18.2 Å². The van der Waals surface area contributed by atoms with Gasteiger partial charge in [-0.2, -0.15) is 10.2 Å². The number of fused-ring (bicyclic) bond motifs is 1. The highest BCUT2D eigenvalue weighted by atomic mass is 35.5. The number of carbonyl (C=O) groups excluding carboxylic acids is 1. The topological polar surface area (TPSA) is 70.1 Å². The van der Waals surface area contributed by atoms with Crippen LogP contribution in [0, 0.1) is 0 Å². The molecule has 6 heteroatoms. The molecule has 0 aliphatic heterocycles. The molecule has 2 N–H and O–H groups in total. The summed E-state index contributed by atoms with van der Waals surface area (Å²) in [6.45, 7) is 1.80. The monoisotopic (exact) mass is 302 g/mol. The number of aryl methyl sites for hydroxylation is 1. The molecule has 3 rings (SSSR count). The highest BCUT2D eigenvalue weighted by Gasteiger charge is 2.22. The van der Waals surface area contributed by atoms with Crippen LogP contribution in [0.25, 0.3) is 0 Å². The quantitative estimate of drug-likeness (QED) is 0.676. The highest BCUT2D eigenvalue weighted by molar-refractivity contribution is 6.34. The molecule has 108 valence electrons. The van der Waals surface area contributed by atoms with Crippen LogP contribution in [-0.4, -0.2) is 21.8 Å². The molecule has 21 heavy (non-hydrogen) atoms. The first-order valence-electron chi connectivity index (χ1n) is 6.82. The van der Waals surface area contributed by atoms with Crippen LogP contribution in [-0.2, 0) is 12.8 Å². The van der Waals surface area contributed by atoms with E-state index in [4.69, 9.17) is 11.6 Å². The Hall–Kier alpha value is -2.14. The van der Waals surface area contributed by atoms with Gasteiger partial charge in [-0.15, -0.1) is 0 Å². The molecule has 5 nitrogen and oxygen atoms in total. The summed E-state index contributed by atoms with van der Waals surface area (Å²) in [4.78, 5) is 12.2. The predicted molar refractivity (Wildman–Crippen MR) is 81.7 cm³/mol. The first-order valence-corrected chi connectivity index (χ1v) is 7.20. The molecule has 0 fully saturated rings. The van der Waals surface area contributed by atoms with Crippen molar-refractivity contribution < 1.29 is 4.79 Å². The molecule has 1 amide bonds. The third-order valence-electron chi connectivity index (χ3n) is 3.61. The third-order valence-corrected chi connectivity index (χ3v) is 3.94. The van der Waals surface area contributed by atoms with E-state index in [0.29, 0.717) is 16.4 Å². The van der Waals surface area contributed by atoms with Crippen molar-refractivity contribution in [2.75, 3.05) is 0 Å². The lowest BCUT2D eigenvalue weighted by Gasteiger charge is -2.04. The second kappa shape index (κ2) is 5.69. The molecular formula is C15H15ClN4O. The summed E-state index contributed by atoms with van der Waals surface area (Å²) in [5.74, 6) is -0.291. The number of aromatic nitrogens is 2. The molecule has 0 saturated carbocycles. The molecule has 1 aromatic heterocycles. The largest absolute Gasteiger partial charge is 0.292 e. The number of hydrogen-bond donors (Lipinski definition) is 2. The molecule has 1 aromatic carbocycles. The number of benzene rings is 1. The Morgan fingerprint density at radius 2 is 2.19 bits per heavy atom. The summed E-state index contributed by atoms with van der Waals surface area (Å²) in [7, 11) is 0. The summed E-state index contributed by atoms with van der Waals surface area (Å²) in [5.41, 5.74) is 6.52. The number of hydrazone groups is 1. The van der Waals surface area contributed by atoms with Gasteiger partial charge in [0, 0.05) is 21.8 Å². The molecule has 0 atom stereocenters. The van der Waals surface area contributed by atoms with Gasteiger partial charge in [0.25, 0.3) is 5.91 Å². The maximum atomic E-state index is 12.2. The van der Waals surface area contributed by atoms with Gasteiger partial charge in [0.05, 0.1) is 5.71 Å². The number of rotatable bonds is 3. The Morgan fingerprint density at radius 3 is 3.00 bits per heavy atom. The fourth-order valence-electron chi connectivity index (χ4n) is 2.51. The summed E-state index contributed by atoms with van der Waals surface area (Å²) >= 11 is 6.10. The number of halogens is 1. The number of amides is 1. The lowest BCUT2D eigenvalue weighted by atomic mass is 10.1. The van der Waals surface area contributed by atoms with Crippen molar-refractivity contribution in [3.05, 3.63) is 51.8 Å². The first-order chi connectivity index (χ1) is 10.2. The molecule has 0 spiro atoms. The van der Waals surface area contributed by atoms with Gasteiger partial charge >= 0.3 is 0 Å². The normalized spacial score (nSPS) is 14.1. The molecule has 0 unspecified atom stereocenters. The van der Waals surface area contributed by atoms with Crippen LogP contribution in [0.3, 0.4) is 0 Å². The maximum absolute atomic E-state index is 12.2. The Morgan fingerprint density at radius 1 is 1.38 bits per heavy atom. The second-order valence-corrected chi connectivity index (χ2v) is 5.41. The van der Waals surface area contributed by atoms with E-state index in [-0.39, 0.29) is 5.91 Å². The van der Waals surface area contributed by atoms with Gasteiger partial charge in [0.2, 0.25) is 0 Å². The van der Waals surface area contributed by atoms with Gasteiger partial charge in [0.1, 0.15) is 0 Å². The van der Waals surface area contributed by atoms with Crippen molar-refractivity contribution in [2.45, 2.75) is 26.2 Å². The predicted octanol–water partition coefficient (Wildman–Crippen LogP) is 2.71. The average molecular weight is 303 g/mol. The molecular weight excluding hydrogens is 288 g/mol. The average Bonchev–Trinajstić information content (AvgIpc) is 3.07. The molecule has 1 aliphatic rings. The molecule has 0 saturated heterocycles. The molecule has 1 aliphatic carbocycles. The summed E-state index contributed by atoms with van der Waals surface area (Å²) in [6, 6.07) is 7.38. The van der Waals surface area contributed by atoms with Crippen molar-refractivity contribution in [1.82, 2.24) is 15.6 Å². The lowest BCUT2D eigenvalue weighted by molar-refractivity contribution is 0.0949. The van der Waals surface area contributed by atoms with Crippen LogP contribution < -0.4 is 5.43 Å². The van der Waals surface area contributed by atoms with E-state index in [9.17, 15) is 4.79 Å². The second-order valence-electron chi connectivity index (χ2n) is 5.00. The van der Waals surface area contributed by atoms with E-state index < -0.39 is 0 Å². The summed E-state index contributed by atoms with van der Waals surface area (Å²) < 4.78 is 0. The first kappa shape index (κ1) is 13.8. The van der Waals surface area contributed by atoms with Crippen LogP contribution in [0.2, 0.25) is 5.02 Å². The minimum Gasteiger partial charge on any atom is -0.281 e. The van der Waals surface area contributed by atoms with Gasteiger partial charge in [0.15, 0.2) is 5.69 Å². The zero-order valence-corrected chi connectivity index (χ0v) is 12.4. The van der Waals surface area contributed by atoms with E-state index in [2.05, 4.69) is 20.7 Å². The van der Waals surface area contributed by atoms with E-state index in [1.54, 1.807) is 13.0 Å². The fraction of sp³-hybridized carbons (Fsp3) is 0.267. The van der Waals surface area contributed by atoms with Crippen LogP contribution >= 0.6 is 11.6 Å². The van der Waals surface area contributed by atoms with Crippen LogP contribution in [0.4, 0.5) is 0 Å². The number of carbonyl (C=O) groups is 1. The lowest BCUT2D eigenvalue weighted by Crippen LogP contribution is -2.21. The summed E-state index contributed by atoms with van der Waals surface area (Å²) in [6.07, 6.45) is 2.91. The van der Waals surface area contributed by atoms with Gasteiger partial charge in [-0.05, 0) is 32.3 Å². The fourth-order valence-corrected chi connectivity index (χ4v) is 2.78. The van der Waals surface area contributed by atoms with Gasteiger partial charge in [-0.3, -0.25) is 9.89 Å². The minimum absolute atomic E-state index is 0.291. The van der Waals surface area contributed by atoms with Gasteiger partial charge in [-0.25, -0.2) is 5.43 Å². The van der Waals surface area contributed by atoms with Gasteiger partial charge < -0.3 is 0 Å². The number of nitrogens with zero attached hydrogens (tertiary/aromatic N) is 2. The zero-order valence-electron chi connectivity index (χ0n) is 11.6. The zero-order chi connectivity index (χ0) is 14.8. The molecule has 1 heterocycles. The smallest absolute Gasteiger partial charge is 0.281 e. The van der Waals surface area contributed by atoms with Crippen molar-refractivity contribution in [2.24, 2.45) is 5.10 Å². The van der Waals surface area contributed by atoms with E-state index >= 15 is 0 Å². The van der Waals surface area contributed by atoms with E-state index in [0.717, 1.165) is 36.1 Å². The molecule has 2 aromatic rings. The Kier molecular flexibility index (Phi) is 3.75. The van der Waals surface area contributed by atoms with Crippen LogP contribution in [0.15, 0.2) is 29.4 Å². The number of aromatic amines is 1. The van der Waals surface area contributed by atoms with Crippen molar-refractivity contribution >= 4 is 23.2 Å². The van der Waals surface area contributed by atoms with Gasteiger partial charge in [-0.1, -0.05) is 29.8 Å². The maximum Gasteiger partial charge on any atom is 0.292 e. The Balaban J connectivity index is 1.76. The Bertz CT molecular complexity index is 720. The number of hydrogen-bond acceptors (Lipinski definition) is 3. The van der Waals surface area contributed by atoms with Crippen LogP contribution in [0.5, 0.6) is 0 Å². The standard InChI is InChI=1S/C15H15ClN4O/c1-9(10-5-2-3-7-12(10)16)17-20-15(21)14-11-6-4-8-13(11)18-19-14/h2-3,5,7H,4,6,8H2,1H3,(H,18,19)(H,20,21)/b17-9-. The SMILES string of the molecule is C/C(=N/NC(=O)c1n[nH]c2c1CCC2)c1ccccc1Cl. The Labute approximate surface area is 127 Å². The van der Waals surface area contributed by atoms with Crippen molar-refractivity contribution in [3.63, 3.8) is 0 Å². The van der Waals surface area contributed by atoms with Crippen LogP contribution in [0.1, 0.15) is 40.7 Å². The molecule has 0 bridgehead atoms. The minimum atomic E-state index is -0.291. The summed E-state index contributed by atoms with van der Waals surface area (Å²) in [5, 5.41) is 11.7. The molecule has 0 radical (unpaired) electrons. The third kappa shape index (κ3) is 2.69. The van der Waals surface area contributed by atoms with Crippen molar-refractivity contribution in [3.8, 4) is 0 Å². The number of nitrogens with one attached hydrogen (secondary N) is 2. The van der Waals surface area contributed by atoms with E-state index in [1.165, 1.54) is 0 Å². The highest BCUT2D eigenvalue weighted by Crippen LogP contribution is 2.22. The number of H-pyrrole nitrogens is 1.